The Morgan fingerprint density at radius 2 is 1.63 bits per heavy atom. The van der Waals surface area contributed by atoms with Crippen LogP contribution in [-0.2, 0) is 0 Å². The molecule has 0 spiro atoms. The molecule has 0 N–H and O–H groups in total. The average Bonchev–Trinajstić information content (AvgIpc) is 3.46. The van der Waals surface area contributed by atoms with E-state index >= 15 is 0 Å². The summed E-state index contributed by atoms with van der Waals surface area (Å²) < 4.78 is 11.0. The van der Waals surface area contributed by atoms with Crippen LogP contribution >= 0.6 is 0 Å². The lowest BCUT2D eigenvalue weighted by molar-refractivity contribution is 0.355. The summed E-state index contributed by atoms with van der Waals surface area (Å²) in [5, 5.41) is 1.02. The van der Waals surface area contributed by atoms with Crippen LogP contribution in [0.5, 0.6) is 11.5 Å². The zero-order chi connectivity index (χ0) is 28.9. The Morgan fingerprint density at radius 3 is 2.37 bits per heavy atom. The van der Waals surface area contributed by atoms with Gasteiger partial charge in [-0.3, -0.25) is 0 Å². The minimum Gasteiger partial charge on any atom is -0.493 e. The first-order valence-corrected chi connectivity index (χ1v) is 14.0. The van der Waals surface area contributed by atoms with Crippen LogP contribution in [0.3, 0.4) is 0 Å². The van der Waals surface area contributed by atoms with E-state index in [4.69, 9.17) is 29.4 Å². The molecule has 3 heterocycles. The summed E-state index contributed by atoms with van der Waals surface area (Å²) in [5.41, 5.74) is 2.65. The van der Waals surface area contributed by atoms with E-state index in [1.807, 2.05) is 73.6 Å². The third-order valence-corrected chi connectivity index (χ3v) is 7.40. The van der Waals surface area contributed by atoms with E-state index in [0.717, 1.165) is 66.1 Å². The van der Waals surface area contributed by atoms with Crippen molar-refractivity contribution in [2.24, 2.45) is 0 Å². The maximum Gasteiger partial charge on any atom is 0.161 e. The van der Waals surface area contributed by atoms with E-state index in [-0.39, 0.29) is 0 Å². The van der Waals surface area contributed by atoms with Gasteiger partial charge < -0.3 is 24.2 Å². The molecule has 0 aliphatic carbocycles. The molecule has 1 fully saturated rings. The summed E-state index contributed by atoms with van der Waals surface area (Å²) in [7, 11) is 11.5. The third-order valence-electron chi connectivity index (χ3n) is 7.40. The number of ether oxygens (including phenoxy) is 2. The number of rotatable bonds is 10. The van der Waals surface area contributed by atoms with Gasteiger partial charge in [-0.05, 0) is 82.4 Å². The van der Waals surface area contributed by atoms with E-state index in [9.17, 15) is 0 Å². The molecular formula is C32H39N7O2. The van der Waals surface area contributed by atoms with Gasteiger partial charge in [-0.2, -0.15) is 0 Å². The van der Waals surface area contributed by atoms with Crippen molar-refractivity contribution in [2.75, 3.05) is 65.3 Å². The third kappa shape index (κ3) is 6.41. The van der Waals surface area contributed by atoms with Crippen LogP contribution in [-0.4, -0.2) is 86.4 Å². The van der Waals surface area contributed by atoms with Gasteiger partial charge in [-0.25, -0.2) is 19.9 Å². The predicted octanol–water partition coefficient (Wildman–Crippen LogP) is 5.26. The molecule has 2 aromatic heterocycles. The number of anilines is 2. The normalized spacial score (nSPS) is 15.3. The summed E-state index contributed by atoms with van der Waals surface area (Å²) in [6.07, 6.45) is 7.20. The number of benzene rings is 2. The van der Waals surface area contributed by atoms with E-state index in [1.165, 1.54) is 0 Å². The molecular weight excluding hydrogens is 514 g/mol. The molecule has 214 valence electrons. The zero-order valence-electron chi connectivity index (χ0n) is 24.8. The Kier molecular flexibility index (Phi) is 8.64. The second kappa shape index (κ2) is 12.5. The molecule has 1 unspecified atom stereocenters. The van der Waals surface area contributed by atoms with Crippen LogP contribution in [0.25, 0.3) is 34.3 Å². The summed E-state index contributed by atoms with van der Waals surface area (Å²) in [4.78, 5) is 26.3. The van der Waals surface area contributed by atoms with Crippen LogP contribution in [0.15, 0.2) is 48.5 Å². The highest BCUT2D eigenvalue weighted by atomic mass is 16.5. The van der Waals surface area contributed by atoms with E-state index in [1.54, 1.807) is 14.2 Å². The topological polar surface area (TPSA) is 79.7 Å². The summed E-state index contributed by atoms with van der Waals surface area (Å²) in [5.74, 6) is 4.36. The molecule has 1 aliphatic rings. The van der Waals surface area contributed by atoms with Crippen molar-refractivity contribution in [3.05, 3.63) is 60.2 Å². The number of hydrogen-bond donors (Lipinski definition) is 0. The molecule has 0 saturated carbocycles. The van der Waals surface area contributed by atoms with Gasteiger partial charge in [0.15, 0.2) is 23.1 Å². The van der Waals surface area contributed by atoms with Crippen molar-refractivity contribution in [1.29, 1.82) is 0 Å². The number of methoxy groups -OCH3 is 2. The van der Waals surface area contributed by atoms with Crippen LogP contribution in [0.2, 0.25) is 0 Å². The molecule has 0 radical (unpaired) electrons. The average molecular weight is 554 g/mol. The van der Waals surface area contributed by atoms with Crippen LogP contribution in [0, 0.1) is 0 Å². The lowest BCUT2D eigenvalue weighted by atomic mass is 10.1. The zero-order valence-corrected chi connectivity index (χ0v) is 24.8. The smallest absolute Gasteiger partial charge is 0.161 e. The van der Waals surface area contributed by atoms with Gasteiger partial charge in [-0.15, -0.1) is 0 Å². The number of aromatic nitrogens is 4. The first kappa shape index (κ1) is 28.3. The molecule has 1 saturated heterocycles. The lowest BCUT2D eigenvalue weighted by Crippen LogP contribution is -2.33. The van der Waals surface area contributed by atoms with Gasteiger partial charge in [0, 0.05) is 43.7 Å². The summed E-state index contributed by atoms with van der Waals surface area (Å²) >= 11 is 0. The Labute approximate surface area is 242 Å². The monoisotopic (exact) mass is 553 g/mol. The first-order valence-electron chi connectivity index (χ1n) is 14.0. The maximum absolute atomic E-state index is 5.58. The van der Waals surface area contributed by atoms with E-state index in [0.29, 0.717) is 29.2 Å². The molecule has 0 bridgehead atoms. The van der Waals surface area contributed by atoms with E-state index < -0.39 is 0 Å². The minimum absolute atomic E-state index is 0.439. The van der Waals surface area contributed by atoms with Crippen LogP contribution in [0.4, 0.5) is 11.6 Å². The second-order valence-electron chi connectivity index (χ2n) is 10.8. The number of nitrogens with zero attached hydrogens (tertiary/aromatic N) is 7. The molecule has 9 nitrogen and oxygen atoms in total. The fraction of sp³-hybridized carbons (Fsp3) is 0.375. The lowest BCUT2D eigenvalue weighted by Gasteiger charge is -2.27. The summed E-state index contributed by atoms with van der Waals surface area (Å²) in [6, 6.07) is 16.5. The Bertz CT molecular complexity index is 1540. The summed E-state index contributed by atoms with van der Waals surface area (Å²) in [6.45, 7) is 2.01. The molecule has 5 rings (SSSR count). The highest BCUT2D eigenvalue weighted by Crippen LogP contribution is 2.34. The number of hydrogen-bond acceptors (Lipinski definition) is 9. The highest BCUT2D eigenvalue weighted by molar-refractivity contribution is 5.90. The molecule has 41 heavy (non-hydrogen) atoms. The predicted molar refractivity (Wildman–Crippen MR) is 167 cm³/mol. The van der Waals surface area contributed by atoms with Crippen LogP contribution < -0.4 is 19.3 Å². The van der Waals surface area contributed by atoms with Crippen LogP contribution in [0.1, 0.15) is 30.9 Å². The van der Waals surface area contributed by atoms with Crippen molar-refractivity contribution < 1.29 is 9.47 Å². The fourth-order valence-corrected chi connectivity index (χ4v) is 5.30. The van der Waals surface area contributed by atoms with Crippen molar-refractivity contribution >= 4 is 34.7 Å². The first-order chi connectivity index (χ1) is 19.9. The van der Waals surface area contributed by atoms with Crippen molar-refractivity contribution in [3.8, 4) is 22.8 Å². The second-order valence-corrected chi connectivity index (χ2v) is 10.8. The van der Waals surface area contributed by atoms with Gasteiger partial charge in [0.05, 0.1) is 25.4 Å². The number of fused-ring (bicyclic) bond motifs is 1. The van der Waals surface area contributed by atoms with Crippen molar-refractivity contribution in [1.82, 2.24) is 24.8 Å². The van der Waals surface area contributed by atoms with Gasteiger partial charge in [-0.1, -0.05) is 12.1 Å². The minimum atomic E-state index is 0.439. The largest absolute Gasteiger partial charge is 0.493 e. The standard InChI is InChI=1S/C32H39N7O2/c1-37(2)19-17-23-10-9-18-39(23)31-21-26(22-13-14-27(40-5)28(20-22)41-6)34-29(35-31)15-16-30-33-25-12-8-7-11-24(25)32(36-30)38(3)4/h7-8,11-16,20-21,23H,9-10,17-19H2,1-6H3/b16-15+. The van der Waals surface area contributed by atoms with Crippen molar-refractivity contribution in [2.45, 2.75) is 25.3 Å². The number of para-hydroxylation sites is 1. The van der Waals surface area contributed by atoms with Gasteiger partial charge >= 0.3 is 0 Å². The molecule has 1 atom stereocenters. The Morgan fingerprint density at radius 1 is 0.878 bits per heavy atom. The SMILES string of the molecule is COc1ccc(-c2cc(N3CCCC3CCN(C)C)nc(/C=C/c3nc(N(C)C)c4ccccc4n3)n2)cc1OC. The van der Waals surface area contributed by atoms with Gasteiger partial charge in [0.25, 0.3) is 0 Å². The molecule has 1 aliphatic heterocycles. The molecule has 2 aromatic carbocycles. The molecule has 4 aromatic rings. The quantitative estimate of drug-likeness (QED) is 0.261. The van der Waals surface area contributed by atoms with E-state index in [2.05, 4.69) is 30.0 Å². The molecule has 0 amide bonds. The maximum atomic E-state index is 5.58. The van der Waals surface area contributed by atoms with Gasteiger partial charge in [0.2, 0.25) is 0 Å². The Hall–Kier alpha value is -4.24. The molecule has 9 heteroatoms. The Balaban J connectivity index is 1.56. The highest BCUT2D eigenvalue weighted by Gasteiger charge is 2.26. The fourth-order valence-electron chi connectivity index (χ4n) is 5.30. The van der Waals surface area contributed by atoms with Gasteiger partial charge in [0.1, 0.15) is 11.6 Å². The van der Waals surface area contributed by atoms with Crippen molar-refractivity contribution in [3.63, 3.8) is 0 Å².